The number of aryl methyl sites for hydroxylation is 2. The highest BCUT2D eigenvalue weighted by atomic mass is 16.2. The van der Waals surface area contributed by atoms with E-state index in [4.69, 9.17) is 0 Å². The molecule has 0 aliphatic heterocycles. The van der Waals surface area contributed by atoms with Gasteiger partial charge in [0.05, 0.1) is 5.69 Å². The van der Waals surface area contributed by atoms with E-state index >= 15 is 0 Å². The third-order valence-corrected chi connectivity index (χ3v) is 3.70. The first-order valence-electron chi connectivity index (χ1n) is 6.88. The topological polar surface area (TPSA) is 68.9 Å². The van der Waals surface area contributed by atoms with E-state index in [1.54, 1.807) is 13.2 Å². The number of aromatic nitrogens is 3. The molecule has 6 nitrogen and oxygen atoms in total. The fraction of sp³-hybridized carbons (Fsp3) is 0.188. The van der Waals surface area contributed by atoms with Gasteiger partial charge in [-0.2, -0.15) is 0 Å². The van der Waals surface area contributed by atoms with Crippen molar-refractivity contribution in [2.24, 2.45) is 14.1 Å². The Labute approximate surface area is 126 Å². The Morgan fingerprint density at radius 3 is 2.41 bits per heavy atom. The van der Waals surface area contributed by atoms with E-state index < -0.39 is 0 Å². The van der Waals surface area contributed by atoms with Crippen molar-refractivity contribution in [3.63, 3.8) is 0 Å². The van der Waals surface area contributed by atoms with Gasteiger partial charge in [-0.25, -0.2) is 9.78 Å². The zero-order valence-corrected chi connectivity index (χ0v) is 12.6. The van der Waals surface area contributed by atoms with Gasteiger partial charge in [0.1, 0.15) is 5.39 Å². The number of pyridine rings is 1. The number of anilines is 2. The van der Waals surface area contributed by atoms with Crippen molar-refractivity contribution in [2.45, 2.75) is 6.92 Å². The molecule has 112 valence electrons. The van der Waals surface area contributed by atoms with E-state index in [1.165, 1.54) is 11.6 Å². The minimum atomic E-state index is -0.389. The zero-order chi connectivity index (χ0) is 15.9. The van der Waals surface area contributed by atoms with E-state index in [2.05, 4.69) is 10.3 Å². The maximum Gasteiger partial charge on any atom is 0.332 e. The summed E-state index contributed by atoms with van der Waals surface area (Å²) in [5.74, 6) is 0. The van der Waals surface area contributed by atoms with Gasteiger partial charge in [0.25, 0.3) is 5.56 Å². The quantitative estimate of drug-likeness (QED) is 0.781. The first-order chi connectivity index (χ1) is 10.5. The highest BCUT2D eigenvalue weighted by Gasteiger charge is 2.15. The Kier molecular flexibility index (Phi) is 3.29. The maximum atomic E-state index is 12.5. The number of nitrogens with zero attached hydrogens (tertiary/aromatic N) is 3. The summed E-state index contributed by atoms with van der Waals surface area (Å²) < 4.78 is 2.48. The van der Waals surface area contributed by atoms with Crippen LogP contribution in [0.15, 0.2) is 46.1 Å². The second-order valence-corrected chi connectivity index (χ2v) is 5.21. The molecular weight excluding hydrogens is 280 g/mol. The van der Waals surface area contributed by atoms with Gasteiger partial charge in [0, 0.05) is 26.0 Å². The Balaban J connectivity index is 2.37. The highest BCUT2D eigenvalue weighted by Crippen LogP contribution is 2.25. The Morgan fingerprint density at radius 1 is 1.05 bits per heavy atom. The lowest BCUT2D eigenvalue weighted by Gasteiger charge is -2.14. The van der Waals surface area contributed by atoms with Gasteiger partial charge in [0.2, 0.25) is 0 Å². The number of benzene rings is 1. The molecule has 0 unspecified atom stereocenters. The molecule has 0 aliphatic rings. The molecule has 0 bridgehead atoms. The van der Waals surface area contributed by atoms with Crippen LogP contribution in [-0.4, -0.2) is 14.1 Å². The zero-order valence-electron chi connectivity index (χ0n) is 12.6. The van der Waals surface area contributed by atoms with Crippen LogP contribution in [0.5, 0.6) is 0 Å². The van der Waals surface area contributed by atoms with Gasteiger partial charge in [-0.3, -0.25) is 13.9 Å². The molecule has 0 saturated heterocycles. The summed E-state index contributed by atoms with van der Waals surface area (Å²) in [7, 11) is 3.08. The van der Waals surface area contributed by atoms with Crippen LogP contribution in [0.4, 0.5) is 11.4 Å². The number of nitrogens with one attached hydrogen (secondary N) is 1. The summed E-state index contributed by atoms with van der Waals surface area (Å²) in [6.07, 6.45) is 1.66. The Hall–Kier alpha value is -2.89. The molecule has 0 atom stereocenters. The van der Waals surface area contributed by atoms with Crippen molar-refractivity contribution in [1.82, 2.24) is 14.1 Å². The number of hydrogen-bond acceptors (Lipinski definition) is 4. The van der Waals surface area contributed by atoms with E-state index in [0.717, 1.165) is 15.8 Å². The second-order valence-electron chi connectivity index (χ2n) is 5.21. The molecule has 6 heteroatoms. The summed E-state index contributed by atoms with van der Waals surface area (Å²) in [5.41, 5.74) is 2.01. The van der Waals surface area contributed by atoms with Crippen LogP contribution in [0, 0.1) is 6.92 Å². The lowest BCUT2D eigenvalue weighted by atomic mass is 10.1. The lowest BCUT2D eigenvalue weighted by Crippen LogP contribution is -2.37. The number of hydrogen-bond donors (Lipinski definition) is 1. The monoisotopic (exact) mass is 296 g/mol. The predicted molar refractivity (Wildman–Crippen MR) is 86.7 cm³/mol. The summed E-state index contributed by atoms with van der Waals surface area (Å²) in [4.78, 5) is 28.8. The molecule has 2 heterocycles. The average molecular weight is 296 g/mol. The van der Waals surface area contributed by atoms with Crippen LogP contribution >= 0.6 is 0 Å². The second kappa shape index (κ2) is 5.14. The van der Waals surface area contributed by atoms with Gasteiger partial charge >= 0.3 is 5.69 Å². The number of rotatable bonds is 2. The molecule has 0 aliphatic carbocycles. The molecule has 3 aromatic rings. The molecule has 3 rings (SSSR count). The van der Waals surface area contributed by atoms with Crippen molar-refractivity contribution in [3.05, 3.63) is 62.9 Å². The first kappa shape index (κ1) is 14.1. The molecule has 0 fully saturated rings. The van der Waals surface area contributed by atoms with Crippen LogP contribution < -0.4 is 16.6 Å². The third-order valence-electron chi connectivity index (χ3n) is 3.70. The maximum absolute atomic E-state index is 12.5. The number of fused-ring (bicyclic) bond motifs is 1. The van der Waals surface area contributed by atoms with Crippen LogP contribution in [-0.2, 0) is 14.1 Å². The fourth-order valence-corrected chi connectivity index (χ4v) is 2.45. The van der Waals surface area contributed by atoms with Crippen molar-refractivity contribution in [3.8, 4) is 0 Å². The molecule has 1 N–H and O–H groups in total. The minimum Gasteiger partial charge on any atom is -0.354 e. The van der Waals surface area contributed by atoms with Crippen LogP contribution in [0.2, 0.25) is 0 Å². The van der Waals surface area contributed by atoms with E-state index in [0.29, 0.717) is 16.7 Å². The van der Waals surface area contributed by atoms with Crippen molar-refractivity contribution < 1.29 is 0 Å². The summed E-state index contributed by atoms with van der Waals surface area (Å²) in [6.45, 7) is 1.88. The highest BCUT2D eigenvalue weighted by molar-refractivity contribution is 5.92. The van der Waals surface area contributed by atoms with E-state index in [-0.39, 0.29) is 11.2 Å². The van der Waals surface area contributed by atoms with Gasteiger partial charge in [-0.15, -0.1) is 0 Å². The van der Waals surface area contributed by atoms with Crippen LogP contribution in [0.25, 0.3) is 11.0 Å². The summed E-state index contributed by atoms with van der Waals surface area (Å²) >= 11 is 0. The summed E-state index contributed by atoms with van der Waals surface area (Å²) in [5, 5.41) is 3.67. The molecule has 0 radical (unpaired) electrons. The SMILES string of the molecule is Cc1cnc2c(c1Nc1ccccc1)c(=O)n(C)c(=O)n2C. The van der Waals surface area contributed by atoms with Gasteiger partial charge in [-0.05, 0) is 24.6 Å². The molecular formula is C16H16N4O2. The van der Waals surface area contributed by atoms with Gasteiger partial charge in [0.15, 0.2) is 5.65 Å². The molecule has 0 spiro atoms. The van der Waals surface area contributed by atoms with E-state index in [1.807, 2.05) is 37.3 Å². The van der Waals surface area contributed by atoms with Crippen molar-refractivity contribution in [1.29, 1.82) is 0 Å². The Morgan fingerprint density at radius 2 is 1.73 bits per heavy atom. The van der Waals surface area contributed by atoms with Gasteiger partial charge in [-0.1, -0.05) is 18.2 Å². The normalized spacial score (nSPS) is 10.9. The first-order valence-corrected chi connectivity index (χ1v) is 6.88. The van der Waals surface area contributed by atoms with Crippen molar-refractivity contribution in [2.75, 3.05) is 5.32 Å². The molecule has 2 aromatic heterocycles. The minimum absolute atomic E-state index is 0.354. The standard InChI is InChI=1S/C16H16N4O2/c1-10-9-17-14-12(15(21)20(3)16(22)19(14)2)13(10)18-11-7-5-4-6-8-11/h4-9H,1-3H3,(H,17,18). The Bertz CT molecular complexity index is 971. The largest absolute Gasteiger partial charge is 0.354 e. The third kappa shape index (κ3) is 2.09. The van der Waals surface area contributed by atoms with Gasteiger partial charge < -0.3 is 5.32 Å². The molecule has 0 saturated carbocycles. The van der Waals surface area contributed by atoms with Crippen molar-refractivity contribution >= 4 is 22.4 Å². The molecule has 22 heavy (non-hydrogen) atoms. The number of para-hydroxylation sites is 1. The van der Waals surface area contributed by atoms with Crippen LogP contribution in [0.3, 0.4) is 0 Å². The lowest BCUT2D eigenvalue weighted by molar-refractivity contribution is 0.707. The average Bonchev–Trinajstić information content (AvgIpc) is 2.53. The molecule has 0 amide bonds. The fourth-order valence-electron chi connectivity index (χ4n) is 2.45. The summed E-state index contributed by atoms with van der Waals surface area (Å²) in [6, 6.07) is 9.57. The predicted octanol–water partition coefficient (Wildman–Crippen LogP) is 1.68. The van der Waals surface area contributed by atoms with Crippen LogP contribution in [0.1, 0.15) is 5.56 Å². The van der Waals surface area contributed by atoms with E-state index in [9.17, 15) is 9.59 Å². The smallest absolute Gasteiger partial charge is 0.332 e. The molecule has 1 aromatic carbocycles.